The molecule has 6 nitrogen and oxygen atoms in total. The van der Waals surface area contributed by atoms with E-state index in [-0.39, 0.29) is 0 Å². The van der Waals surface area contributed by atoms with Gasteiger partial charge in [0.1, 0.15) is 5.41 Å². The molecule has 0 fully saturated rings. The zero-order chi connectivity index (χ0) is 19.9. The first-order valence-electron chi connectivity index (χ1n) is 7.91. The third-order valence-corrected chi connectivity index (χ3v) is 3.91. The van der Waals surface area contributed by atoms with Gasteiger partial charge in [-0.15, -0.1) is 0 Å². The predicted octanol–water partition coefficient (Wildman–Crippen LogP) is 2.39. The van der Waals surface area contributed by atoms with E-state index in [4.69, 9.17) is 10.2 Å². The van der Waals surface area contributed by atoms with Crippen LogP contribution in [0.1, 0.15) is 11.1 Å². The largest absolute Gasteiger partial charge is 0.478 e. The fourth-order valence-electron chi connectivity index (χ4n) is 2.78. The van der Waals surface area contributed by atoms with Crippen molar-refractivity contribution in [2.24, 2.45) is 0 Å². The van der Waals surface area contributed by atoms with Crippen LogP contribution in [0.15, 0.2) is 85.0 Å². The molecule has 0 unspecified atom stereocenters. The van der Waals surface area contributed by atoms with Crippen LogP contribution in [0.4, 0.5) is 0 Å². The highest BCUT2D eigenvalue weighted by Crippen LogP contribution is 2.35. The van der Waals surface area contributed by atoms with Gasteiger partial charge in [-0.3, -0.25) is 9.59 Å². The zero-order valence-electron chi connectivity index (χ0n) is 14.1. The summed E-state index contributed by atoms with van der Waals surface area (Å²) in [4.78, 5) is 48.0. The summed E-state index contributed by atoms with van der Waals surface area (Å²) in [5.41, 5.74) is -1.30. The van der Waals surface area contributed by atoms with Crippen molar-refractivity contribution in [2.75, 3.05) is 0 Å². The van der Waals surface area contributed by atoms with E-state index >= 15 is 0 Å². The number of carbonyl (C=O) groups is 4. The molecule has 0 heterocycles. The molecule has 0 amide bonds. The Bertz CT molecular complexity index is 833. The van der Waals surface area contributed by atoms with Crippen molar-refractivity contribution >= 4 is 23.5 Å². The summed E-state index contributed by atoms with van der Waals surface area (Å²) in [5.74, 6) is -4.26. The van der Waals surface area contributed by atoms with Gasteiger partial charge in [0.15, 0.2) is 11.6 Å². The van der Waals surface area contributed by atoms with Crippen molar-refractivity contribution in [3.63, 3.8) is 0 Å². The third-order valence-electron chi connectivity index (χ3n) is 3.91. The maximum atomic E-state index is 13.1. The molecule has 0 spiro atoms. The maximum Gasteiger partial charge on any atom is 0.328 e. The second-order valence-electron chi connectivity index (χ2n) is 5.55. The molecule has 0 saturated carbocycles. The van der Waals surface area contributed by atoms with E-state index in [2.05, 4.69) is 0 Å². The van der Waals surface area contributed by atoms with Gasteiger partial charge >= 0.3 is 11.9 Å². The van der Waals surface area contributed by atoms with Crippen LogP contribution in [0.5, 0.6) is 0 Å². The summed E-state index contributed by atoms with van der Waals surface area (Å²) >= 11 is 0. The molecule has 0 aliphatic heterocycles. The molecule has 6 heteroatoms. The smallest absolute Gasteiger partial charge is 0.328 e. The lowest BCUT2D eigenvalue weighted by molar-refractivity contribution is -0.132. The molecule has 2 N–H and O–H groups in total. The van der Waals surface area contributed by atoms with Gasteiger partial charge in [0, 0.05) is 12.2 Å². The fourth-order valence-corrected chi connectivity index (χ4v) is 2.78. The van der Waals surface area contributed by atoms with Crippen LogP contribution in [0, 0.1) is 0 Å². The molecule has 0 saturated heterocycles. The van der Waals surface area contributed by atoms with E-state index in [9.17, 15) is 19.2 Å². The van der Waals surface area contributed by atoms with Crippen molar-refractivity contribution < 1.29 is 29.4 Å². The van der Waals surface area contributed by atoms with Crippen molar-refractivity contribution in [1.82, 2.24) is 0 Å². The minimum atomic E-state index is -1.90. The molecular weight excluding hydrogens is 348 g/mol. The zero-order valence-corrected chi connectivity index (χ0v) is 14.1. The summed E-state index contributed by atoms with van der Waals surface area (Å²) in [6.45, 7) is 0. The Labute approximate surface area is 155 Å². The lowest BCUT2D eigenvalue weighted by Crippen LogP contribution is -2.43. The number of aliphatic carboxylic acids is 2. The number of allylic oxidation sites excluding steroid dienone is 2. The van der Waals surface area contributed by atoms with Gasteiger partial charge in [-0.1, -0.05) is 60.7 Å². The summed E-state index contributed by atoms with van der Waals surface area (Å²) in [7, 11) is 0. The molecule has 2 aromatic carbocycles. The van der Waals surface area contributed by atoms with Gasteiger partial charge < -0.3 is 10.2 Å². The molecule has 0 atom stereocenters. The Hall–Kier alpha value is -3.80. The number of carboxylic acid groups (broad SMARTS) is 2. The molecule has 0 aliphatic rings. The van der Waals surface area contributed by atoms with E-state index in [0.29, 0.717) is 23.3 Å². The van der Waals surface area contributed by atoms with Gasteiger partial charge in [0.2, 0.25) is 0 Å². The molecular formula is C21H16O6. The first-order valence-corrected chi connectivity index (χ1v) is 7.91. The average molecular weight is 364 g/mol. The Morgan fingerprint density at radius 3 is 1.22 bits per heavy atom. The SMILES string of the molecule is O=C(O)/C=C/C(=O)C(C(=O)/C=C/C(=O)O)(c1ccccc1)c1ccccc1. The third kappa shape index (κ3) is 4.24. The van der Waals surface area contributed by atoms with Crippen molar-refractivity contribution in [2.45, 2.75) is 5.41 Å². The minimum Gasteiger partial charge on any atom is -0.478 e. The number of hydrogen-bond donors (Lipinski definition) is 2. The first kappa shape index (κ1) is 19.5. The quantitative estimate of drug-likeness (QED) is 0.550. The van der Waals surface area contributed by atoms with Crippen LogP contribution >= 0.6 is 0 Å². The molecule has 2 rings (SSSR count). The average Bonchev–Trinajstić information content (AvgIpc) is 2.67. The number of hydrogen-bond acceptors (Lipinski definition) is 4. The second kappa shape index (κ2) is 8.53. The van der Waals surface area contributed by atoms with Crippen LogP contribution in [0.2, 0.25) is 0 Å². The molecule has 2 aromatic rings. The molecule has 0 aromatic heterocycles. The van der Waals surface area contributed by atoms with Crippen LogP contribution in [0.25, 0.3) is 0 Å². The summed E-state index contributed by atoms with van der Waals surface area (Å²) < 4.78 is 0. The van der Waals surface area contributed by atoms with Crippen molar-refractivity contribution in [1.29, 1.82) is 0 Å². The minimum absolute atomic E-state index is 0.302. The van der Waals surface area contributed by atoms with E-state index < -0.39 is 28.9 Å². The fraction of sp³-hybridized carbons (Fsp3) is 0.0476. The number of rotatable bonds is 8. The standard InChI is InChI=1S/C21H16O6/c22-17(11-13-19(24)25)21(15-7-3-1-4-8-15,16-9-5-2-6-10-16)18(23)12-14-20(26)27/h1-14H,(H,24,25)(H,26,27)/b13-11+,14-12+. The van der Waals surface area contributed by atoms with Crippen molar-refractivity contribution in [3.8, 4) is 0 Å². The van der Waals surface area contributed by atoms with Crippen LogP contribution in [-0.4, -0.2) is 33.7 Å². The van der Waals surface area contributed by atoms with E-state index in [1.165, 1.54) is 0 Å². The summed E-state index contributed by atoms with van der Waals surface area (Å²) in [6, 6.07) is 16.2. The van der Waals surface area contributed by atoms with Crippen LogP contribution < -0.4 is 0 Å². The summed E-state index contributed by atoms with van der Waals surface area (Å²) in [5, 5.41) is 17.7. The number of ketones is 2. The second-order valence-corrected chi connectivity index (χ2v) is 5.55. The highest BCUT2D eigenvalue weighted by Gasteiger charge is 2.46. The number of benzene rings is 2. The van der Waals surface area contributed by atoms with E-state index in [1.807, 2.05) is 0 Å². The van der Waals surface area contributed by atoms with Gasteiger partial charge in [-0.2, -0.15) is 0 Å². The van der Waals surface area contributed by atoms with E-state index in [1.54, 1.807) is 60.7 Å². The first-order chi connectivity index (χ1) is 12.9. The Morgan fingerprint density at radius 1 is 0.593 bits per heavy atom. The van der Waals surface area contributed by atoms with Crippen LogP contribution in [0.3, 0.4) is 0 Å². The van der Waals surface area contributed by atoms with Gasteiger partial charge in [-0.05, 0) is 23.3 Å². The molecule has 0 bridgehead atoms. The lowest BCUT2D eigenvalue weighted by atomic mass is 9.68. The van der Waals surface area contributed by atoms with Crippen LogP contribution in [-0.2, 0) is 24.6 Å². The number of carbonyl (C=O) groups excluding carboxylic acids is 2. The van der Waals surface area contributed by atoms with Gasteiger partial charge in [-0.25, -0.2) is 9.59 Å². The highest BCUT2D eigenvalue weighted by molar-refractivity contribution is 6.24. The Balaban J connectivity index is 2.81. The Kier molecular flexibility index (Phi) is 6.17. The van der Waals surface area contributed by atoms with E-state index in [0.717, 1.165) is 12.2 Å². The normalized spacial score (nSPS) is 11.6. The molecule has 136 valence electrons. The topological polar surface area (TPSA) is 109 Å². The Morgan fingerprint density at radius 2 is 0.926 bits per heavy atom. The van der Waals surface area contributed by atoms with Gasteiger partial charge in [0.25, 0.3) is 0 Å². The monoisotopic (exact) mass is 364 g/mol. The molecule has 0 radical (unpaired) electrons. The molecule has 0 aliphatic carbocycles. The predicted molar refractivity (Wildman–Crippen MR) is 97.2 cm³/mol. The highest BCUT2D eigenvalue weighted by atomic mass is 16.4. The lowest BCUT2D eigenvalue weighted by Gasteiger charge is -2.30. The van der Waals surface area contributed by atoms with Gasteiger partial charge in [0.05, 0.1) is 0 Å². The van der Waals surface area contributed by atoms with Crippen molar-refractivity contribution in [3.05, 3.63) is 96.1 Å². The number of carboxylic acids is 2. The maximum absolute atomic E-state index is 13.1. The summed E-state index contributed by atoms with van der Waals surface area (Å²) in [6.07, 6.45) is 2.93. The molecule has 27 heavy (non-hydrogen) atoms.